The monoisotopic (exact) mass is 298 g/mol. The highest BCUT2D eigenvalue weighted by molar-refractivity contribution is 5.80. The van der Waals surface area contributed by atoms with Crippen LogP contribution in [-0.4, -0.2) is 45.2 Å². The second kappa shape index (κ2) is 6.15. The van der Waals surface area contributed by atoms with E-state index in [0.717, 1.165) is 0 Å². The molecule has 0 aromatic rings. The molecule has 2 aliphatic rings. The van der Waals surface area contributed by atoms with E-state index < -0.39 is 17.1 Å². The molecule has 2 fully saturated rings. The molecule has 1 aliphatic heterocycles. The van der Waals surface area contributed by atoms with E-state index in [2.05, 4.69) is 6.58 Å². The molecule has 118 valence electrons. The van der Waals surface area contributed by atoms with Crippen LogP contribution in [0.15, 0.2) is 12.7 Å². The van der Waals surface area contributed by atoms with Crippen molar-refractivity contribution in [3.63, 3.8) is 0 Å². The van der Waals surface area contributed by atoms with E-state index in [0.29, 0.717) is 38.9 Å². The third-order valence-corrected chi connectivity index (χ3v) is 4.30. The molecular weight excluding hydrogens is 276 g/mol. The normalized spacial score (nSPS) is 30.9. The van der Waals surface area contributed by atoms with Gasteiger partial charge in [0.2, 0.25) is 0 Å². The van der Waals surface area contributed by atoms with Gasteiger partial charge in [0, 0.05) is 12.8 Å². The number of rotatable bonds is 4. The highest BCUT2D eigenvalue weighted by atomic mass is 16.7. The van der Waals surface area contributed by atoms with Crippen LogP contribution in [0.2, 0.25) is 0 Å². The van der Waals surface area contributed by atoms with Crippen LogP contribution in [0, 0.1) is 11.3 Å². The number of ether oxygens (including phenoxy) is 4. The number of carbonyl (C=O) groups excluding carboxylic acids is 2. The molecule has 21 heavy (non-hydrogen) atoms. The van der Waals surface area contributed by atoms with Crippen LogP contribution in [0.5, 0.6) is 0 Å². The van der Waals surface area contributed by atoms with Crippen molar-refractivity contribution < 1.29 is 28.5 Å². The van der Waals surface area contributed by atoms with Gasteiger partial charge in [-0.15, -0.1) is 6.58 Å². The third-order valence-electron chi connectivity index (χ3n) is 4.30. The molecule has 2 atom stereocenters. The first-order chi connectivity index (χ1) is 10.0. The number of hydrogen-bond acceptors (Lipinski definition) is 6. The molecule has 6 heteroatoms. The minimum atomic E-state index is -0.908. The highest BCUT2D eigenvalue weighted by Gasteiger charge is 2.57. The van der Waals surface area contributed by atoms with Crippen molar-refractivity contribution in [3.8, 4) is 0 Å². The summed E-state index contributed by atoms with van der Waals surface area (Å²) in [4.78, 5) is 24.3. The maximum Gasteiger partial charge on any atom is 0.312 e. The number of methoxy groups -OCH3 is 2. The van der Waals surface area contributed by atoms with Gasteiger partial charge in [-0.1, -0.05) is 6.08 Å². The van der Waals surface area contributed by atoms with Crippen molar-refractivity contribution in [1.82, 2.24) is 0 Å². The Balaban J connectivity index is 2.35. The summed E-state index contributed by atoms with van der Waals surface area (Å²) in [5.41, 5.74) is -0.863. The molecule has 6 nitrogen and oxygen atoms in total. The van der Waals surface area contributed by atoms with E-state index in [1.54, 1.807) is 6.08 Å². The molecule has 1 spiro atoms. The third kappa shape index (κ3) is 2.96. The Morgan fingerprint density at radius 2 is 1.90 bits per heavy atom. The van der Waals surface area contributed by atoms with Gasteiger partial charge in [0.15, 0.2) is 5.79 Å². The van der Waals surface area contributed by atoms with Gasteiger partial charge in [-0.3, -0.25) is 9.59 Å². The number of esters is 2. The zero-order valence-electron chi connectivity index (χ0n) is 12.6. The summed E-state index contributed by atoms with van der Waals surface area (Å²) < 4.78 is 21.3. The lowest BCUT2D eigenvalue weighted by atomic mass is 9.65. The van der Waals surface area contributed by atoms with E-state index in [1.165, 1.54) is 14.2 Å². The Morgan fingerprint density at radius 1 is 1.24 bits per heavy atom. The summed E-state index contributed by atoms with van der Waals surface area (Å²) in [5, 5.41) is 0. The maximum absolute atomic E-state index is 12.3. The van der Waals surface area contributed by atoms with Gasteiger partial charge in [0.05, 0.1) is 38.8 Å². The fourth-order valence-electron chi connectivity index (χ4n) is 3.52. The van der Waals surface area contributed by atoms with Gasteiger partial charge in [-0.2, -0.15) is 0 Å². The molecule has 0 unspecified atom stereocenters. The molecule has 0 aromatic heterocycles. The Labute approximate surface area is 124 Å². The zero-order valence-corrected chi connectivity index (χ0v) is 12.6. The molecular formula is C15H22O6. The van der Waals surface area contributed by atoms with Crippen LogP contribution in [0.1, 0.15) is 25.7 Å². The average Bonchev–Trinajstić information content (AvgIpc) is 2.92. The minimum Gasteiger partial charge on any atom is -0.469 e. The Bertz CT molecular complexity index is 426. The fourth-order valence-corrected chi connectivity index (χ4v) is 3.52. The first kappa shape index (κ1) is 16.0. The Hall–Kier alpha value is -1.40. The second-order valence-corrected chi connectivity index (χ2v) is 5.68. The van der Waals surface area contributed by atoms with Crippen molar-refractivity contribution in [3.05, 3.63) is 12.7 Å². The summed E-state index contributed by atoms with van der Waals surface area (Å²) in [6, 6.07) is 0. The maximum atomic E-state index is 12.3. The summed E-state index contributed by atoms with van der Waals surface area (Å²) in [6.45, 7) is 4.63. The topological polar surface area (TPSA) is 71.1 Å². The summed E-state index contributed by atoms with van der Waals surface area (Å²) in [6.07, 6.45) is 3.19. The molecule has 2 rings (SSSR count). The molecule has 1 saturated carbocycles. The van der Waals surface area contributed by atoms with Crippen LogP contribution in [0.4, 0.5) is 0 Å². The molecule has 0 amide bonds. The fraction of sp³-hybridized carbons (Fsp3) is 0.733. The Kier molecular flexibility index (Phi) is 4.68. The number of carbonyl (C=O) groups is 2. The standard InChI is InChI=1S/C15H22O6/c1-4-5-14(13(17)19-3)8-11(12(16)18-2)9-15(10-14)20-6-7-21-15/h4,11H,1,5-10H2,2-3H3/t11-,14+/m1/s1. The zero-order chi connectivity index (χ0) is 15.5. The number of allylic oxidation sites excluding steroid dienone is 1. The van der Waals surface area contributed by atoms with Gasteiger partial charge >= 0.3 is 11.9 Å². The first-order valence-corrected chi connectivity index (χ1v) is 7.06. The smallest absolute Gasteiger partial charge is 0.312 e. The van der Waals surface area contributed by atoms with Crippen LogP contribution in [0.3, 0.4) is 0 Å². The van der Waals surface area contributed by atoms with Crippen molar-refractivity contribution in [1.29, 1.82) is 0 Å². The Morgan fingerprint density at radius 3 is 2.43 bits per heavy atom. The molecule has 0 N–H and O–H groups in total. The lowest BCUT2D eigenvalue weighted by molar-refractivity contribution is -0.223. The predicted octanol–water partition coefficient (Wildman–Crippen LogP) is 1.44. The minimum absolute atomic E-state index is 0.354. The van der Waals surface area contributed by atoms with Crippen LogP contribution in [0.25, 0.3) is 0 Å². The van der Waals surface area contributed by atoms with Gasteiger partial charge in [-0.25, -0.2) is 0 Å². The van der Waals surface area contributed by atoms with Crippen molar-refractivity contribution >= 4 is 11.9 Å². The molecule has 0 aromatic carbocycles. The predicted molar refractivity (Wildman–Crippen MR) is 73.3 cm³/mol. The molecule has 1 aliphatic carbocycles. The van der Waals surface area contributed by atoms with Crippen LogP contribution in [-0.2, 0) is 28.5 Å². The summed E-state index contributed by atoms with van der Waals surface area (Å²) in [7, 11) is 2.69. The van der Waals surface area contributed by atoms with E-state index in [4.69, 9.17) is 18.9 Å². The van der Waals surface area contributed by atoms with E-state index in [1.807, 2.05) is 0 Å². The number of hydrogen-bond donors (Lipinski definition) is 0. The van der Waals surface area contributed by atoms with Gasteiger partial charge in [0.1, 0.15) is 0 Å². The summed E-state index contributed by atoms with van der Waals surface area (Å²) in [5.74, 6) is -2.09. The SMILES string of the molecule is C=CC[C@]1(C(=O)OC)C[C@@H](C(=O)OC)CC2(C1)OCCO2. The van der Waals surface area contributed by atoms with Gasteiger partial charge in [-0.05, 0) is 12.8 Å². The van der Waals surface area contributed by atoms with Gasteiger partial charge in [0.25, 0.3) is 0 Å². The summed E-state index contributed by atoms with van der Waals surface area (Å²) >= 11 is 0. The van der Waals surface area contributed by atoms with E-state index in [-0.39, 0.29) is 11.9 Å². The van der Waals surface area contributed by atoms with Crippen molar-refractivity contribution in [2.45, 2.75) is 31.5 Å². The molecule has 0 radical (unpaired) electrons. The van der Waals surface area contributed by atoms with Crippen LogP contribution >= 0.6 is 0 Å². The molecule has 0 bridgehead atoms. The van der Waals surface area contributed by atoms with Crippen molar-refractivity contribution in [2.75, 3.05) is 27.4 Å². The lowest BCUT2D eigenvalue weighted by Gasteiger charge is -2.45. The molecule has 1 saturated heterocycles. The van der Waals surface area contributed by atoms with E-state index >= 15 is 0 Å². The largest absolute Gasteiger partial charge is 0.469 e. The lowest BCUT2D eigenvalue weighted by Crippen LogP contribution is -2.51. The first-order valence-electron chi connectivity index (χ1n) is 7.06. The highest BCUT2D eigenvalue weighted by Crippen LogP contribution is 2.51. The van der Waals surface area contributed by atoms with Crippen LogP contribution < -0.4 is 0 Å². The average molecular weight is 298 g/mol. The van der Waals surface area contributed by atoms with Gasteiger partial charge < -0.3 is 18.9 Å². The quantitative estimate of drug-likeness (QED) is 0.578. The molecule has 1 heterocycles. The van der Waals surface area contributed by atoms with Crippen molar-refractivity contribution in [2.24, 2.45) is 11.3 Å². The van der Waals surface area contributed by atoms with E-state index in [9.17, 15) is 9.59 Å². The second-order valence-electron chi connectivity index (χ2n) is 5.68.